The summed E-state index contributed by atoms with van der Waals surface area (Å²) in [4.78, 5) is 8.76. The van der Waals surface area contributed by atoms with Gasteiger partial charge in [-0.1, -0.05) is 6.42 Å². The van der Waals surface area contributed by atoms with Crippen molar-refractivity contribution in [3.63, 3.8) is 0 Å². The Kier molecular flexibility index (Phi) is 3.02. The fourth-order valence-electron chi connectivity index (χ4n) is 2.44. The average Bonchev–Trinajstić information content (AvgIpc) is 2.62. The van der Waals surface area contributed by atoms with Gasteiger partial charge in [-0.15, -0.1) is 11.6 Å². The van der Waals surface area contributed by atoms with Crippen molar-refractivity contribution in [2.75, 3.05) is 5.88 Å². The number of pyridine rings is 1. The molecule has 0 aliphatic heterocycles. The smallest absolute Gasteiger partial charge is 0.111 e. The minimum atomic E-state index is 0.626. The Labute approximate surface area is 106 Å². The molecule has 0 N–H and O–H groups in total. The summed E-state index contributed by atoms with van der Waals surface area (Å²) in [6.07, 6.45) is 8.60. The van der Waals surface area contributed by atoms with Crippen molar-refractivity contribution < 1.29 is 0 Å². The number of fused-ring (bicyclic) bond motifs is 1. The van der Waals surface area contributed by atoms with Crippen molar-refractivity contribution in [1.29, 1.82) is 0 Å². The molecule has 3 nitrogen and oxygen atoms in total. The van der Waals surface area contributed by atoms with Crippen LogP contribution in [0.5, 0.6) is 0 Å². The molecule has 0 unspecified atom stereocenters. The number of halogens is 1. The van der Waals surface area contributed by atoms with E-state index in [9.17, 15) is 0 Å². The molecule has 90 valence electrons. The van der Waals surface area contributed by atoms with Gasteiger partial charge in [0, 0.05) is 25.0 Å². The zero-order valence-corrected chi connectivity index (χ0v) is 10.5. The molecular weight excluding hydrogens is 234 g/mol. The number of rotatable bonds is 4. The number of imidazole rings is 1. The van der Waals surface area contributed by atoms with Crippen LogP contribution in [-0.4, -0.2) is 20.4 Å². The fourth-order valence-corrected chi connectivity index (χ4v) is 2.61. The molecule has 1 saturated carbocycles. The van der Waals surface area contributed by atoms with Crippen molar-refractivity contribution >= 4 is 22.6 Å². The summed E-state index contributed by atoms with van der Waals surface area (Å²) >= 11 is 5.85. The van der Waals surface area contributed by atoms with Crippen LogP contribution in [0, 0.1) is 5.92 Å². The number of aromatic nitrogens is 3. The van der Waals surface area contributed by atoms with Crippen LogP contribution in [0.4, 0.5) is 0 Å². The second-order valence-corrected chi connectivity index (χ2v) is 5.12. The summed E-state index contributed by atoms with van der Waals surface area (Å²) in [5.74, 6) is 2.56. The first-order chi connectivity index (χ1) is 8.38. The van der Waals surface area contributed by atoms with Crippen LogP contribution >= 0.6 is 11.6 Å². The molecule has 0 radical (unpaired) electrons. The third-order valence-electron chi connectivity index (χ3n) is 3.61. The maximum absolute atomic E-state index is 5.85. The number of nitrogens with zero attached hydrogens (tertiary/aromatic N) is 3. The van der Waals surface area contributed by atoms with E-state index in [0.717, 1.165) is 30.2 Å². The third kappa shape index (κ3) is 2.04. The summed E-state index contributed by atoms with van der Waals surface area (Å²) in [5, 5.41) is 0. The Hall–Kier alpha value is -1.09. The van der Waals surface area contributed by atoms with Crippen LogP contribution in [0.3, 0.4) is 0 Å². The monoisotopic (exact) mass is 249 g/mol. The predicted octanol–water partition coefficient (Wildman–Crippen LogP) is 3.01. The highest BCUT2D eigenvalue weighted by molar-refractivity contribution is 6.17. The first-order valence-electron chi connectivity index (χ1n) is 6.23. The second-order valence-electron chi connectivity index (χ2n) is 4.74. The van der Waals surface area contributed by atoms with Gasteiger partial charge in [-0.2, -0.15) is 0 Å². The second kappa shape index (κ2) is 4.65. The molecule has 2 aromatic heterocycles. The van der Waals surface area contributed by atoms with E-state index in [4.69, 9.17) is 11.6 Å². The Bertz CT molecular complexity index is 516. The average molecular weight is 250 g/mol. The molecule has 0 bridgehead atoms. The number of hydrogen-bond acceptors (Lipinski definition) is 2. The van der Waals surface area contributed by atoms with Gasteiger partial charge < -0.3 is 4.57 Å². The lowest BCUT2D eigenvalue weighted by atomic mass is 9.85. The van der Waals surface area contributed by atoms with Crippen LogP contribution in [-0.2, 0) is 13.0 Å². The van der Waals surface area contributed by atoms with Gasteiger partial charge in [0.15, 0.2) is 0 Å². The molecule has 3 rings (SSSR count). The van der Waals surface area contributed by atoms with E-state index in [2.05, 4.69) is 20.6 Å². The van der Waals surface area contributed by atoms with Gasteiger partial charge in [0.1, 0.15) is 11.3 Å². The van der Waals surface area contributed by atoms with Crippen molar-refractivity contribution in [2.45, 2.75) is 32.2 Å². The minimum Gasteiger partial charge on any atom is -0.328 e. The molecule has 1 fully saturated rings. The van der Waals surface area contributed by atoms with E-state index in [1.54, 1.807) is 0 Å². The molecule has 1 aliphatic rings. The van der Waals surface area contributed by atoms with Gasteiger partial charge in [-0.25, -0.2) is 4.98 Å². The zero-order valence-electron chi connectivity index (χ0n) is 9.77. The molecule has 4 heteroatoms. The van der Waals surface area contributed by atoms with Gasteiger partial charge in [0.05, 0.1) is 11.7 Å². The van der Waals surface area contributed by atoms with E-state index in [1.807, 2.05) is 12.4 Å². The minimum absolute atomic E-state index is 0.626. The lowest BCUT2D eigenvalue weighted by molar-refractivity contribution is 0.277. The molecule has 2 heterocycles. The van der Waals surface area contributed by atoms with E-state index in [0.29, 0.717) is 5.88 Å². The van der Waals surface area contributed by atoms with Crippen LogP contribution in [0.15, 0.2) is 18.5 Å². The Balaban J connectivity index is 2.00. The maximum atomic E-state index is 5.85. The van der Waals surface area contributed by atoms with Crippen LogP contribution in [0.25, 0.3) is 11.0 Å². The third-order valence-corrected chi connectivity index (χ3v) is 3.80. The fraction of sp³-hybridized carbons (Fsp3) is 0.538. The lowest BCUT2D eigenvalue weighted by Crippen LogP contribution is -2.19. The molecule has 0 amide bonds. The lowest BCUT2D eigenvalue weighted by Gasteiger charge is -2.26. The zero-order chi connectivity index (χ0) is 11.7. The first-order valence-corrected chi connectivity index (χ1v) is 6.77. The van der Waals surface area contributed by atoms with Gasteiger partial charge in [-0.3, -0.25) is 4.98 Å². The Morgan fingerprint density at radius 3 is 3.00 bits per heavy atom. The van der Waals surface area contributed by atoms with E-state index < -0.39 is 0 Å². The van der Waals surface area contributed by atoms with Crippen molar-refractivity contribution in [3.05, 3.63) is 24.3 Å². The van der Waals surface area contributed by atoms with E-state index >= 15 is 0 Å². The van der Waals surface area contributed by atoms with Gasteiger partial charge in [0.2, 0.25) is 0 Å². The Morgan fingerprint density at radius 2 is 2.29 bits per heavy atom. The summed E-state index contributed by atoms with van der Waals surface area (Å²) < 4.78 is 2.34. The van der Waals surface area contributed by atoms with Crippen LogP contribution < -0.4 is 0 Å². The quantitative estimate of drug-likeness (QED) is 0.780. The maximum Gasteiger partial charge on any atom is 0.111 e. The molecule has 17 heavy (non-hydrogen) atoms. The highest BCUT2D eigenvalue weighted by Gasteiger charge is 2.20. The number of aryl methyl sites for hydroxylation is 1. The molecule has 0 spiro atoms. The predicted molar refractivity (Wildman–Crippen MR) is 69.3 cm³/mol. The molecular formula is C13H16ClN3. The largest absolute Gasteiger partial charge is 0.328 e. The summed E-state index contributed by atoms with van der Waals surface area (Å²) in [5.41, 5.74) is 2.19. The molecule has 0 atom stereocenters. The molecule has 1 aliphatic carbocycles. The molecule has 0 aromatic carbocycles. The van der Waals surface area contributed by atoms with Crippen LogP contribution in [0.2, 0.25) is 0 Å². The van der Waals surface area contributed by atoms with E-state index in [1.165, 1.54) is 24.8 Å². The van der Waals surface area contributed by atoms with Crippen LogP contribution in [0.1, 0.15) is 25.1 Å². The SMILES string of the molecule is ClCCc1nc2cnccc2n1CC1CCC1. The highest BCUT2D eigenvalue weighted by atomic mass is 35.5. The Morgan fingerprint density at radius 1 is 1.41 bits per heavy atom. The molecule has 2 aromatic rings. The normalized spacial score (nSPS) is 16.3. The number of hydrogen-bond donors (Lipinski definition) is 0. The highest BCUT2D eigenvalue weighted by Crippen LogP contribution is 2.29. The summed E-state index contributed by atoms with van der Waals surface area (Å²) in [6, 6.07) is 2.05. The van der Waals surface area contributed by atoms with Crippen molar-refractivity contribution in [1.82, 2.24) is 14.5 Å². The van der Waals surface area contributed by atoms with Gasteiger partial charge in [0.25, 0.3) is 0 Å². The first kappa shape index (κ1) is 11.0. The molecule has 0 saturated heterocycles. The summed E-state index contributed by atoms with van der Waals surface area (Å²) in [7, 11) is 0. The topological polar surface area (TPSA) is 30.7 Å². The van der Waals surface area contributed by atoms with Crippen molar-refractivity contribution in [3.8, 4) is 0 Å². The standard InChI is InChI=1S/C13H16ClN3/c14-6-4-13-16-11-8-15-7-5-12(11)17(13)9-10-2-1-3-10/h5,7-8,10H,1-4,6,9H2. The number of alkyl halides is 1. The van der Waals surface area contributed by atoms with E-state index in [-0.39, 0.29) is 0 Å². The summed E-state index contributed by atoms with van der Waals surface area (Å²) in [6.45, 7) is 1.09. The van der Waals surface area contributed by atoms with Crippen molar-refractivity contribution in [2.24, 2.45) is 5.92 Å². The van der Waals surface area contributed by atoms with Gasteiger partial charge in [-0.05, 0) is 24.8 Å². The van der Waals surface area contributed by atoms with Gasteiger partial charge >= 0.3 is 0 Å².